The average molecular weight is 453 g/mol. The predicted octanol–water partition coefficient (Wildman–Crippen LogP) is 6.22. The Morgan fingerprint density at radius 1 is 0.871 bits per heavy atom. The molecule has 158 valence electrons. The summed E-state index contributed by atoms with van der Waals surface area (Å²) in [7, 11) is 0. The molecule has 1 aliphatic rings. The van der Waals surface area contributed by atoms with Crippen LogP contribution in [0.25, 0.3) is 0 Å². The molecule has 3 aromatic rings. The maximum Gasteiger partial charge on any atom is 0.374 e. The summed E-state index contributed by atoms with van der Waals surface area (Å²) in [5, 5.41) is 1.29. The first kappa shape index (κ1) is 21.6. The van der Waals surface area contributed by atoms with Crippen LogP contribution < -0.4 is 0 Å². The van der Waals surface area contributed by atoms with Crippen molar-refractivity contribution in [3.63, 3.8) is 0 Å². The van der Waals surface area contributed by atoms with Crippen LogP contribution in [-0.4, -0.2) is 18.4 Å². The molecule has 0 radical (unpaired) electrons. The number of rotatable bonds is 6. The van der Waals surface area contributed by atoms with Gasteiger partial charge in [-0.15, -0.1) is 0 Å². The van der Waals surface area contributed by atoms with Crippen LogP contribution in [0.5, 0.6) is 0 Å². The fourth-order valence-corrected chi connectivity index (χ4v) is 5.06. The maximum atomic E-state index is 13.0. The first-order chi connectivity index (χ1) is 15.0. The first-order valence-corrected chi connectivity index (χ1v) is 11.0. The molecule has 1 aliphatic carbocycles. The third kappa shape index (κ3) is 3.88. The molecule has 0 spiro atoms. The minimum atomic E-state index is -0.769. The summed E-state index contributed by atoms with van der Waals surface area (Å²) >= 11 is 12.3. The number of ketones is 1. The molecule has 0 heterocycles. The summed E-state index contributed by atoms with van der Waals surface area (Å²) in [4.78, 5) is 25.4. The van der Waals surface area contributed by atoms with E-state index in [0.717, 1.165) is 16.7 Å². The predicted molar refractivity (Wildman–Crippen MR) is 123 cm³/mol. The topological polar surface area (TPSA) is 43.4 Å². The molecule has 31 heavy (non-hydrogen) atoms. The van der Waals surface area contributed by atoms with Crippen LogP contribution >= 0.6 is 23.2 Å². The molecule has 0 bridgehead atoms. The molecule has 2 atom stereocenters. The van der Waals surface area contributed by atoms with E-state index in [-0.39, 0.29) is 12.5 Å². The largest absolute Gasteiger partial charge is 0.460 e. The van der Waals surface area contributed by atoms with Crippen LogP contribution in [0.3, 0.4) is 0 Å². The minimum absolute atomic E-state index is 0.173. The van der Waals surface area contributed by atoms with Gasteiger partial charge in [-0.05, 0) is 54.3 Å². The van der Waals surface area contributed by atoms with Gasteiger partial charge in [0.05, 0.1) is 6.61 Å². The number of esters is 1. The molecular formula is C26H22Cl2O3. The molecule has 4 rings (SSSR count). The van der Waals surface area contributed by atoms with Crippen LogP contribution in [0.15, 0.2) is 78.9 Å². The van der Waals surface area contributed by atoms with Gasteiger partial charge in [-0.3, -0.25) is 4.79 Å². The Labute approximate surface area is 192 Å². The lowest BCUT2D eigenvalue weighted by Crippen LogP contribution is -2.54. The third-order valence-electron chi connectivity index (χ3n) is 6.17. The van der Waals surface area contributed by atoms with Crippen LogP contribution in [-0.2, 0) is 19.7 Å². The Bertz CT molecular complexity index is 1030. The van der Waals surface area contributed by atoms with Crippen molar-refractivity contribution >= 4 is 35.0 Å². The summed E-state index contributed by atoms with van der Waals surface area (Å²) in [5.41, 5.74) is 2.59. The van der Waals surface area contributed by atoms with Crippen molar-refractivity contribution in [3.05, 3.63) is 106 Å². The molecule has 0 unspecified atom stereocenters. The standard InChI is InChI=1S/C26H22Cl2O3/c1-2-31-25(30)24(29)22-16-26(18-8-12-20(27)13-9-18,19-10-14-21(28)15-11-19)23(22)17-6-4-3-5-7-17/h3-15,22-23H,2,16H2,1H3/t22-,23+/m1/s1. The number of carbonyl (C=O) groups is 2. The lowest BCUT2D eigenvalue weighted by atomic mass is 9.46. The van der Waals surface area contributed by atoms with Crippen LogP contribution in [0.2, 0.25) is 10.0 Å². The zero-order valence-corrected chi connectivity index (χ0v) is 18.6. The van der Waals surface area contributed by atoms with E-state index in [2.05, 4.69) is 0 Å². The van der Waals surface area contributed by atoms with E-state index in [1.165, 1.54) is 0 Å². The highest BCUT2D eigenvalue weighted by Gasteiger charge is 2.59. The van der Waals surface area contributed by atoms with E-state index in [1.807, 2.05) is 78.9 Å². The average Bonchev–Trinajstić information content (AvgIpc) is 2.76. The zero-order chi connectivity index (χ0) is 22.0. The van der Waals surface area contributed by atoms with Crippen molar-refractivity contribution in [1.82, 2.24) is 0 Å². The van der Waals surface area contributed by atoms with E-state index < -0.39 is 23.1 Å². The highest BCUT2D eigenvalue weighted by molar-refractivity contribution is 6.35. The van der Waals surface area contributed by atoms with Gasteiger partial charge in [-0.25, -0.2) is 4.79 Å². The smallest absolute Gasteiger partial charge is 0.374 e. The highest BCUT2D eigenvalue weighted by Crippen LogP contribution is 2.62. The molecule has 3 aromatic carbocycles. The van der Waals surface area contributed by atoms with Crippen molar-refractivity contribution in [2.75, 3.05) is 6.61 Å². The van der Waals surface area contributed by atoms with Crippen LogP contribution in [0, 0.1) is 5.92 Å². The van der Waals surface area contributed by atoms with E-state index in [4.69, 9.17) is 27.9 Å². The second-order valence-electron chi connectivity index (χ2n) is 7.77. The van der Waals surface area contributed by atoms with Crippen molar-refractivity contribution < 1.29 is 14.3 Å². The van der Waals surface area contributed by atoms with Crippen molar-refractivity contribution in [1.29, 1.82) is 0 Å². The third-order valence-corrected chi connectivity index (χ3v) is 6.67. The van der Waals surface area contributed by atoms with Crippen molar-refractivity contribution in [2.24, 2.45) is 5.92 Å². The summed E-state index contributed by atoms with van der Waals surface area (Å²) in [5.74, 6) is -1.95. The number of hydrogen-bond donors (Lipinski definition) is 0. The Morgan fingerprint density at radius 3 is 1.87 bits per heavy atom. The Morgan fingerprint density at radius 2 is 1.39 bits per heavy atom. The van der Waals surface area contributed by atoms with E-state index >= 15 is 0 Å². The zero-order valence-electron chi connectivity index (χ0n) is 17.1. The second-order valence-corrected chi connectivity index (χ2v) is 8.64. The molecule has 0 aromatic heterocycles. The second kappa shape index (κ2) is 8.86. The first-order valence-electron chi connectivity index (χ1n) is 10.3. The van der Waals surface area contributed by atoms with Crippen LogP contribution in [0.4, 0.5) is 0 Å². The molecule has 0 aliphatic heterocycles. The van der Waals surface area contributed by atoms with Gasteiger partial charge in [0.2, 0.25) is 5.78 Å². The fraction of sp³-hybridized carbons (Fsp3) is 0.231. The van der Waals surface area contributed by atoms with Gasteiger partial charge in [0.1, 0.15) is 0 Å². The van der Waals surface area contributed by atoms with Gasteiger partial charge in [0.25, 0.3) is 0 Å². The summed E-state index contributed by atoms with van der Waals surface area (Å²) in [6.45, 7) is 1.87. The monoisotopic (exact) mass is 452 g/mol. The Kier molecular flexibility index (Phi) is 6.17. The molecule has 0 saturated heterocycles. The number of halogens is 2. The normalized spacial score (nSPS) is 19.3. The molecule has 1 fully saturated rings. The fourth-order valence-electron chi connectivity index (χ4n) is 4.81. The molecule has 0 N–H and O–H groups in total. The lowest BCUT2D eigenvalue weighted by Gasteiger charge is -2.55. The van der Waals surface area contributed by atoms with Crippen LogP contribution in [0.1, 0.15) is 36.0 Å². The lowest BCUT2D eigenvalue weighted by molar-refractivity contribution is -0.158. The highest BCUT2D eigenvalue weighted by atomic mass is 35.5. The van der Waals surface area contributed by atoms with Crippen molar-refractivity contribution in [2.45, 2.75) is 24.7 Å². The number of carbonyl (C=O) groups excluding carboxylic acids is 2. The Hall–Kier alpha value is -2.62. The summed E-state index contributed by atoms with van der Waals surface area (Å²) in [6.07, 6.45) is 0.494. The maximum absolute atomic E-state index is 13.0. The van der Waals surface area contributed by atoms with Gasteiger partial charge in [-0.2, -0.15) is 0 Å². The van der Waals surface area contributed by atoms with Gasteiger partial charge >= 0.3 is 5.97 Å². The molecular weight excluding hydrogens is 431 g/mol. The minimum Gasteiger partial charge on any atom is -0.460 e. The SMILES string of the molecule is CCOC(=O)C(=O)[C@@H]1CC(c2ccc(Cl)cc2)(c2ccc(Cl)cc2)[C@H]1c1ccccc1. The number of hydrogen-bond acceptors (Lipinski definition) is 3. The van der Waals surface area contributed by atoms with E-state index in [1.54, 1.807) is 6.92 Å². The molecule has 0 amide bonds. The number of Topliss-reactive ketones (excluding diaryl/α,β-unsaturated/α-hetero) is 1. The molecule has 3 nitrogen and oxygen atoms in total. The van der Waals surface area contributed by atoms with E-state index in [0.29, 0.717) is 16.5 Å². The van der Waals surface area contributed by atoms with E-state index in [9.17, 15) is 9.59 Å². The number of benzene rings is 3. The summed E-state index contributed by atoms with van der Waals surface area (Å²) in [6, 6.07) is 25.3. The quantitative estimate of drug-likeness (QED) is 0.329. The Balaban J connectivity index is 1.88. The molecule has 1 saturated carbocycles. The van der Waals surface area contributed by atoms with Gasteiger partial charge in [0, 0.05) is 27.3 Å². The summed E-state index contributed by atoms with van der Waals surface area (Å²) < 4.78 is 5.03. The van der Waals surface area contributed by atoms with Gasteiger partial charge < -0.3 is 4.74 Å². The van der Waals surface area contributed by atoms with Gasteiger partial charge in [0.15, 0.2) is 0 Å². The van der Waals surface area contributed by atoms with Crippen molar-refractivity contribution in [3.8, 4) is 0 Å². The number of ether oxygens (including phenoxy) is 1. The van der Waals surface area contributed by atoms with Gasteiger partial charge in [-0.1, -0.05) is 77.8 Å². The molecule has 5 heteroatoms.